The minimum atomic E-state index is 0.0762. The molecule has 0 radical (unpaired) electrons. The molecule has 1 N–H and O–H groups in total. The van der Waals surface area contributed by atoms with Crippen LogP contribution in [0.2, 0.25) is 5.02 Å². The molecule has 1 saturated heterocycles. The van der Waals surface area contributed by atoms with Crippen molar-refractivity contribution in [2.75, 3.05) is 38.5 Å². The first-order valence-corrected chi connectivity index (χ1v) is 7.57. The van der Waals surface area contributed by atoms with E-state index in [1.165, 1.54) is 12.8 Å². The second-order valence-corrected chi connectivity index (χ2v) is 5.94. The standard InChI is InChI=1S/C15H20ClN3O/c1-17-14-5-2-11(16)10-13(14)15(20)19-8-6-18(7-9-19)12-3-4-12/h2,5,10,12,17H,3-4,6-9H2,1H3. The normalized spacial score (nSPS) is 20.0. The Kier molecular flexibility index (Phi) is 3.85. The molecule has 1 aromatic carbocycles. The van der Waals surface area contributed by atoms with Crippen molar-refractivity contribution in [2.45, 2.75) is 18.9 Å². The van der Waals surface area contributed by atoms with Crippen LogP contribution in [0.25, 0.3) is 0 Å². The molecule has 0 atom stereocenters. The van der Waals surface area contributed by atoms with E-state index >= 15 is 0 Å². The highest BCUT2D eigenvalue weighted by atomic mass is 35.5. The maximum Gasteiger partial charge on any atom is 0.256 e. The highest BCUT2D eigenvalue weighted by Crippen LogP contribution is 2.28. The van der Waals surface area contributed by atoms with Crippen molar-refractivity contribution in [1.82, 2.24) is 9.80 Å². The van der Waals surface area contributed by atoms with Crippen LogP contribution in [0, 0.1) is 0 Å². The molecule has 2 aliphatic rings. The zero-order valence-corrected chi connectivity index (χ0v) is 12.5. The highest BCUT2D eigenvalue weighted by molar-refractivity contribution is 6.31. The first-order valence-electron chi connectivity index (χ1n) is 7.19. The molecule has 0 spiro atoms. The maximum atomic E-state index is 12.6. The lowest BCUT2D eigenvalue weighted by Crippen LogP contribution is -2.49. The number of benzene rings is 1. The van der Waals surface area contributed by atoms with E-state index in [0.717, 1.165) is 37.9 Å². The fourth-order valence-electron chi connectivity index (χ4n) is 2.81. The van der Waals surface area contributed by atoms with Gasteiger partial charge in [0.05, 0.1) is 5.56 Å². The summed E-state index contributed by atoms with van der Waals surface area (Å²) in [6.45, 7) is 3.60. The molecular weight excluding hydrogens is 274 g/mol. The van der Waals surface area contributed by atoms with Crippen molar-refractivity contribution in [3.63, 3.8) is 0 Å². The third-order valence-corrected chi connectivity index (χ3v) is 4.38. The smallest absolute Gasteiger partial charge is 0.256 e. The van der Waals surface area contributed by atoms with Gasteiger partial charge in [0.15, 0.2) is 0 Å². The van der Waals surface area contributed by atoms with E-state index in [1.54, 1.807) is 12.1 Å². The van der Waals surface area contributed by atoms with Crippen molar-refractivity contribution in [2.24, 2.45) is 0 Å². The van der Waals surface area contributed by atoms with E-state index in [4.69, 9.17) is 11.6 Å². The second kappa shape index (κ2) is 5.62. The molecule has 2 fully saturated rings. The largest absolute Gasteiger partial charge is 0.387 e. The Hall–Kier alpha value is -1.26. The molecule has 0 aromatic heterocycles. The van der Waals surface area contributed by atoms with Crippen LogP contribution in [0.3, 0.4) is 0 Å². The van der Waals surface area contributed by atoms with Gasteiger partial charge in [0, 0.05) is 50.0 Å². The fourth-order valence-corrected chi connectivity index (χ4v) is 2.98. The van der Waals surface area contributed by atoms with Crippen LogP contribution in [0.1, 0.15) is 23.2 Å². The lowest BCUT2D eigenvalue weighted by Gasteiger charge is -2.35. The number of halogens is 1. The monoisotopic (exact) mass is 293 g/mol. The molecule has 4 nitrogen and oxygen atoms in total. The number of hydrogen-bond donors (Lipinski definition) is 1. The summed E-state index contributed by atoms with van der Waals surface area (Å²) in [7, 11) is 1.82. The van der Waals surface area contributed by atoms with Gasteiger partial charge >= 0.3 is 0 Å². The number of carbonyl (C=O) groups excluding carboxylic acids is 1. The molecule has 1 heterocycles. The Balaban J connectivity index is 1.71. The van der Waals surface area contributed by atoms with Crippen molar-refractivity contribution in [3.05, 3.63) is 28.8 Å². The van der Waals surface area contributed by atoms with Gasteiger partial charge in [-0.1, -0.05) is 11.6 Å². The zero-order valence-electron chi connectivity index (χ0n) is 11.7. The zero-order chi connectivity index (χ0) is 14.1. The van der Waals surface area contributed by atoms with Crippen LogP contribution >= 0.6 is 11.6 Å². The van der Waals surface area contributed by atoms with Crippen LogP contribution in [-0.4, -0.2) is 55.0 Å². The summed E-state index contributed by atoms with van der Waals surface area (Å²) in [6, 6.07) is 6.19. The number of rotatable bonds is 3. The number of piperazine rings is 1. The van der Waals surface area contributed by atoms with Crippen LogP contribution in [0.5, 0.6) is 0 Å². The molecule has 0 unspecified atom stereocenters. The number of nitrogens with zero attached hydrogens (tertiary/aromatic N) is 2. The number of anilines is 1. The molecule has 108 valence electrons. The number of carbonyl (C=O) groups is 1. The van der Waals surface area contributed by atoms with E-state index < -0.39 is 0 Å². The topological polar surface area (TPSA) is 35.6 Å². The van der Waals surface area contributed by atoms with Crippen LogP contribution in [0.4, 0.5) is 5.69 Å². The summed E-state index contributed by atoms with van der Waals surface area (Å²) in [5.74, 6) is 0.0762. The summed E-state index contributed by atoms with van der Waals surface area (Å²) in [6.07, 6.45) is 2.65. The van der Waals surface area contributed by atoms with Crippen LogP contribution < -0.4 is 5.32 Å². The van der Waals surface area contributed by atoms with E-state index in [2.05, 4.69) is 10.2 Å². The SMILES string of the molecule is CNc1ccc(Cl)cc1C(=O)N1CCN(C2CC2)CC1. The van der Waals surface area contributed by atoms with Gasteiger partial charge < -0.3 is 10.2 Å². The molecule has 1 amide bonds. The van der Waals surface area contributed by atoms with Gasteiger partial charge in [-0.25, -0.2) is 0 Å². The lowest BCUT2D eigenvalue weighted by molar-refractivity contribution is 0.0628. The minimum Gasteiger partial charge on any atom is -0.387 e. The maximum absolute atomic E-state index is 12.6. The minimum absolute atomic E-state index is 0.0762. The molecule has 20 heavy (non-hydrogen) atoms. The average molecular weight is 294 g/mol. The molecule has 1 saturated carbocycles. The van der Waals surface area contributed by atoms with Crippen LogP contribution in [-0.2, 0) is 0 Å². The predicted molar refractivity (Wildman–Crippen MR) is 81.5 cm³/mol. The van der Waals surface area contributed by atoms with Gasteiger partial charge in [-0.15, -0.1) is 0 Å². The van der Waals surface area contributed by atoms with E-state index in [0.29, 0.717) is 10.6 Å². The van der Waals surface area contributed by atoms with Gasteiger partial charge in [0.25, 0.3) is 5.91 Å². The van der Waals surface area contributed by atoms with Gasteiger partial charge in [-0.3, -0.25) is 9.69 Å². The lowest BCUT2D eigenvalue weighted by atomic mass is 10.1. The molecule has 3 rings (SSSR count). The Labute approximate surface area is 124 Å². The van der Waals surface area contributed by atoms with Gasteiger partial charge in [0.1, 0.15) is 0 Å². The van der Waals surface area contributed by atoms with Crippen molar-refractivity contribution in [1.29, 1.82) is 0 Å². The van der Waals surface area contributed by atoms with Crippen molar-refractivity contribution < 1.29 is 4.79 Å². The summed E-state index contributed by atoms with van der Waals surface area (Å²) >= 11 is 6.02. The molecule has 5 heteroatoms. The van der Waals surface area contributed by atoms with Crippen molar-refractivity contribution >= 4 is 23.2 Å². The van der Waals surface area contributed by atoms with Gasteiger partial charge in [-0.05, 0) is 31.0 Å². The predicted octanol–water partition coefficient (Wildman–Crippen LogP) is 2.30. The summed E-state index contributed by atoms with van der Waals surface area (Å²) in [5.41, 5.74) is 1.50. The first-order chi connectivity index (χ1) is 9.69. The first kappa shape index (κ1) is 13.7. The molecular formula is C15H20ClN3O. The third kappa shape index (κ3) is 2.76. The summed E-state index contributed by atoms with van der Waals surface area (Å²) < 4.78 is 0. The van der Waals surface area contributed by atoms with Crippen molar-refractivity contribution in [3.8, 4) is 0 Å². The van der Waals surface area contributed by atoms with Gasteiger partial charge in [-0.2, -0.15) is 0 Å². The molecule has 1 aliphatic heterocycles. The Morgan fingerprint density at radius 3 is 2.55 bits per heavy atom. The van der Waals surface area contributed by atoms with E-state index in [1.807, 2.05) is 18.0 Å². The Bertz CT molecular complexity index is 508. The summed E-state index contributed by atoms with van der Waals surface area (Å²) in [4.78, 5) is 17.1. The number of hydrogen-bond acceptors (Lipinski definition) is 3. The second-order valence-electron chi connectivity index (χ2n) is 5.50. The number of amides is 1. The molecule has 0 bridgehead atoms. The molecule has 1 aromatic rings. The Morgan fingerprint density at radius 2 is 1.95 bits per heavy atom. The highest BCUT2D eigenvalue weighted by Gasteiger charge is 2.32. The van der Waals surface area contributed by atoms with Gasteiger partial charge in [0.2, 0.25) is 0 Å². The summed E-state index contributed by atoms with van der Waals surface area (Å²) in [5, 5.41) is 3.66. The third-order valence-electron chi connectivity index (χ3n) is 4.15. The van der Waals surface area contributed by atoms with E-state index in [9.17, 15) is 4.79 Å². The quantitative estimate of drug-likeness (QED) is 0.929. The Morgan fingerprint density at radius 1 is 1.25 bits per heavy atom. The van der Waals surface area contributed by atoms with Crippen LogP contribution in [0.15, 0.2) is 18.2 Å². The molecule has 1 aliphatic carbocycles. The average Bonchev–Trinajstić information content (AvgIpc) is 3.31. The fraction of sp³-hybridized carbons (Fsp3) is 0.533. The van der Waals surface area contributed by atoms with E-state index in [-0.39, 0.29) is 5.91 Å². The number of nitrogens with one attached hydrogen (secondary N) is 1.